The maximum Gasteiger partial charge on any atom is 0.258 e. The number of carbonyl (C=O) groups excluding carboxylic acids is 2. The summed E-state index contributed by atoms with van der Waals surface area (Å²) in [7, 11) is -2.27. The third kappa shape index (κ3) is 6.31. The predicted molar refractivity (Wildman–Crippen MR) is 152 cm³/mol. The van der Waals surface area contributed by atoms with Crippen molar-refractivity contribution in [2.75, 3.05) is 26.8 Å². The van der Waals surface area contributed by atoms with E-state index in [0.29, 0.717) is 29.2 Å². The van der Waals surface area contributed by atoms with E-state index in [9.17, 15) is 18.0 Å². The first-order valence-corrected chi connectivity index (χ1v) is 14.8. The topological polar surface area (TPSA) is 123 Å². The first kappa shape index (κ1) is 28.4. The highest BCUT2D eigenvalue weighted by Crippen LogP contribution is 2.29. The van der Waals surface area contributed by atoms with Crippen LogP contribution in [0, 0.1) is 13.8 Å². The van der Waals surface area contributed by atoms with Crippen molar-refractivity contribution < 1.29 is 32.2 Å². The molecule has 0 saturated carbocycles. The molecule has 6 rings (SSSR count). The average Bonchev–Trinajstić information content (AvgIpc) is 2.96. The lowest BCUT2D eigenvalue weighted by Crippen LogP contribution is -2.58. The molecule has 216 valence electrons. The fraction of sp³-hybridized carbons (Fsp3) is 0.333. The summed E-state index contributed by atoms with van der Waals surface area (Å²) in [6.07, 6.45) is -0.172. The van der Waals surface area contributed by atoms with Crippen molar-refractivity contribution in [2.24, 2.45) is 0 Å². The molecule has 0 aliphatic carbocycles. The molecule has 1 saturated heterocycles. The molecule has 1 fully saturated rings. The minimum atomic E-state index is -3.80. The Bertz CT molecular complexity index is 1560. The minimum Gasteiger partial charge on any atom is -0.496 e. The fourth-order valence-corrected chi connectivity index (χ4v) is 6.39. The summed E-state index contributed by atoms with van der Waals surface area (Å²) in [5.41, 5.74) is 2.79. The Morgan fingerprint density at radius 2 is 1.78 bits per heavy atom. The van der Waals surface area contributed by atoms with Crippen molar-refractivity contribution in [3.05, 3.63) is 82.9 Å². The molecule has 3 aromatic rings. The van der Waals surface area contributed by atoms with Crippen LogP contribution in [0.2, 0.25) is 0 Å². The maximum absolute atomic E-state index is 13.5. The van der Waals surface area contributed by atoms with E-state index in [1.807, 2.05) is 13.8 Å². The number of nitrogens with zero attached hydrogens (tertiary/aromatic N) is 1. The van der Waals surface area contributed by atoms with E-state index in [-0.39, 0.29) is 37.0 Å². The Morgan fingerprint density at radius 1 is 1.00 bits per heavy atom. The van der Waals surface area contributed by atoms with Crippen molar-refractivity contribution in [1.29, 1.82) is 0 Å². The number of rotatable bonds is 3. The lowest BCUT2D eigenvalue weighted by atomic mass is 10.0. The van der Waals surface area contributed by atoms with Gasteiger partial charge in [-0.3, -0.25) is 9.59 Å². The highest BCUT2D eigenvalue weighted by molar-refractivity contribution is 7.89. The van der Waals surface area contributed by atoms with E-state index >= 15 is 0 Å². The molecule has 4 bridgehead atoms. The molecule has 3 aliphatic heterocycles. The highest BCUT2D eigenvalue weighted by atomic mass is 32.2. The molecule has 2 atom stereocenters. The fourth-order valence-electron chi connectivity index (χ4n) is 4.91. The van der Waals surface area contributed by atoms with Crippen molar-refractivity contribution >= 4 is 21.8 Å². The van der Waals surface area contributed by atoms with Crippen LogP contribution in [-0.4, -0.2) is 63.5 Å². The van der Waals surface area contributed by atoms with Crippen LogP contribution in [-0.2, 0) is 21.4 Å². The van der Waals surface area contributed by atoms with Crippen LogP contribution in [0.25, 0.3) is 0 Å². The molecule has 0 unspecified atom stereocenters. The monoisotopic (exact) mass is 579 g/mol. The van der Waals surface area contributed by atoms with Gasteiger partial charge >= 0.3 is 0 Å². The van der Waals surface area contributed by atoms with Crippen LogP contribution < -0.4 is 24.8 Å². The van der Waals surface area contributed by atoms with Crippen molar-refractivity contribution in [3.63, 3.8) is 0 Å². The molecule has 2 amide bonds. The lowest BCUT2D eigenvalue weighted by Gasteiger charge is -2.38. The number of nitrogens with one attached hydrogen (secondary N) is 2. The summed E-state index contributed by atoms with van der Waals surface area (Å²) >= 11 is 0. The van der Waals surface area contributed by atoms with Gasteiger partial charge in [0.15, 0.2) is 6.61 Å². The van der Waals surface area contributed by atoms with Crippen LogP contribution in [0.1, 0.15) is 33.5 Å². The normalized spacial score (nSPS) is 20.1. The number of carbonyl (C=O) groups is 2. The van der Waals surface area contributed by atoms with E-state index in [2.05, 4.69) is 10.6 Å². The smallest absolute Gasteiger partial charge is 0.258 e. The second-order valence-corrected chi connectivity index (χ2v) is 12.2. The third-order valence-electron chi connectivity index (χ3n) is 7.32. The SMILES string of the molecule is COc1cc2ccc1CNC(=O)COc1cc(ccc1C)C(=O)N[C@H]1CN(S(=O)(=O)c3ccc(C)cc3)CC[C@H]1O2. The van der Waals surface area contributed by atoms with Gasteiger partial charge in [0.2, 0.25) is 10.0 Å². The Balaban J connectivity index is 1.49. The number of methoxy groups -OCH3 is 1. The Labute approximate surface area is 239 Å². The van der Waals surface area contributed by atoms with Gasteiger partial charge < -0.3 is 24.8 Å². The van der Waals surface area contributed by atoms with Crippen molar-refractivity contribution in [1.82, 2.24) is 14.9 Å². The summed E-state index contributed by atoms with van der Waals surface area (Å²) in [6.45, 7) is 3.95. The number of sulfonamides is 1. The summed E-state index contributed by atoms with van der Waals surface area (Å²) in [5, 5.41) is 5.81. The summed E-state index contributed by atoms with van der Waals surface area (Å²) in [4.78, 5) is 26.1. The zero-order valence-corrected chi connectivity index (χ0v) is 24.0. The van der Waals surface area contributed by atoms with Crippen LogP contribution in [0.15, 0.2) is 65.6 Å². The van der Waals surface area contributed by atoms with Gasteiger partial charge in [0.25, 0.3) is 11.8 Å². The van der Waals surface area contributed by atoms with Gasteiger partial charge in [0.05, 0.1) is 18.0 Å². The second-order valence-electron chi connectivity index (χ2n) is 10.2. The van der Waals surface area contributed by atoms with Gasteiger partial charge in [-0.1, -0.05) is 23.8 Å². The van der Waals surface area contributed by atoms with Gasteiger partial charge in [-0.2, -0.15) is 4.31 Å². The first-order valence-electron chi connectivity index (χ1n) is 13.4. The van der Waals surface area contributed by atoms with Crippen molar-refractivity contribution in [2.45, 2.75) is 43.9 Å². The van der Waals surface area contributed by atoms with Crippen LogP contribution in [0.3, 0.4) is 0 Å². The van der Waals surface area contributed by atoms with Crippen LogP contribution in [0.5, 0.6) is 17.2 Å². The van der Waals surface area contributed by atoms with E-state index < -0.39 is 28.1 Å². The molecular formula is C30H33N3O7S. The summed E-state index contributed by atoms with van der Waals surface area (Å²) < 4.78 is 46.0. The molecule has 41 heavy (non-hydrogen) atoms. The molecule has 3 aliphatic rings. The third-order valence-corrected chi connectivity index (χ3v) is 9.20. The van der Waals surface area contributed by atoms with Gasteiger partial charge in [0, 0.05) is 43.2 Å². The number of piperidine rings is 1. The van der Waals surface area contributed by atoms with Gasteiger partial charge in [-0.05, 0) is 55.8 Å². The molecule has 3 aromatic carbocycles. The first-order chi connectivity index (χ1) is 19.6. The molecule has 10 nitrogen and oxygen atoms in total. The molecule has 11 heteroatoms. The maximum atomic E-state index is 13.5. The standard InChI is InChI=1S/C30H33N3O7S/c1-19-4-10-24(11-5-19)41(36,37)33-13-12-26-25(17-33)32-30(35)21-7-6-20(2)27(14-21)39-18-29(34)31-16-22-8-9-23(40-26)15-28(22)38-3/h4-11,14-15,25-26H,12-13,16-18H2,1-3H3,(H,31,34)(H,32,35)/t25-,26+/m0/s1. The number of hydrogen-bond donors (Lipinski definition) is 2. The largest absolute Gasteiger partial charge is 0.496 e. The second kappa shape index (κ2) is 11.8. The molecule has 0 aromatic heterocycles. The Kier molecular flexibility index (Phi) is 8.18. The van der Waals surface area contributed by atoms with Gasteiger partial charge in [-0.15, -0.1) is 0 Å². The van der Waals surface area contributed by atoms with E-state index in [0.717, 1.165) is 16.7 Å². The molecular weight excluding hydrogens is 546 g/mol. The van der Waals surface area contributed by atoms with Gasteiger partial charge in [0.1, 0.15) is 23.4 Å². The van der Waals surface area contributed by atoms with E-state index in [1.165, 1.54) is 11.4 Å². The van der Waals surface area contributed by atoms with Crippen molar-refractivity contribution in [3.8, 4) is 17.2 Å². The molecule has 2 N–H and O–H groups in total. The number of fused-ring (bicyclic) bond motifs is 7. The molecule has 0 radical (unpaired) electrons. The Hall–Kier alpha value is -4.09. The van der Waals surface area contributed by atoms with E-state index in [1.54, 1.807) is 60.7 Å². The number of aryl methyl sites for hydroxylation is 2. The lowest BCUT2D eigenvalue weighted by molar-refractivity contribution is -0.123. The van der Waals surface area contributed by atoms with Crippen LogP contribution >= 0.6 is 0 Å². The predicted octanol–water partition coefficient (Wildman–Crippen LogP) is 2.96. The highest BCUT2D eigenvalue weighted by Gasteiger charge is 2.38. The Morgan fingerprint density at radius 3 is 2.54 bits per heavy atom. The number of benzene rings is 3. The quantitative estimate of drug-likeness (QED) is 0.489. The zero-order valence-electron chi connectivity index (χ0n) is 23.2. The number of hydrogen-bond acceptors (Lipinski definition) is 7. The summed E-state index contributed by atoms with van der Waals surface area (Å²) in [5.74, 6) is 0.687. The minimum absolute atomic E-state index is 0.0233. The van der Waals surface area contributed by atoms with Crippen LogP contribution in [0.4, 0.5) is 0 Å². The number of amides is 2. The molecule has 0 spiro atoms. The number of ether oxygens (including phenoxy) is 3. The van der Waals surface area contributed by atoms with Gasteiger partial charge in [-0.25, -0.2) is 8.42 Å². The molecule has 3 heterocycles. The average molecular weight is 580 g/mol. The summed E-state index contributed by atoms with van der Waals surface area (Å²) in [6, 6.07) is 16.3. The zero-order chi connectivity index (χ0) is 29.1. The van der Waals surface area contributed by atoms with E-state index in [4.69, 9.17) is 14.2 Å².